The minimum atomic E-state index is 0.0687. The number of rotatable bonds is 3. The molecule has 0 aliphatic carbocycles. The van der Waals surface area contributed by atoms with Crippen molar-refractivity contribution < 1.29 is 4.74 Å². The van der Waals surface area contributed by atoms with Crippen LogP contribution in [0.3, 0.4) is 0 Å². The van der Waals surface area contributed by atoms with Crippen molar-refractivity contribution in [3.8, 4) is 17.1 Å². The summed E-state index contributed by atoms with van der Waals surface area (Å²) in [5.41, 5.74) is 1.63. The van der Waals surface area contributed by atoms with Gasteiger partial charge >= 0.3 is 0 Å². The molecule has 82 valence electrons. The lowest BCUT2D eigenvalue weighted by Gasteiger charge is -2.10. The molecular weight excluding hydrogens is 202 g/mol. The number of nitrogens with zero attached hydrogens (tertiary/aromatic N) is 3. The van der Waals surface area contributed by atoms with Gasteiger partial charge in [0.05, 0.1) is 6.10 Å². The molecule has 4 nitrogen and oxygen atoms in total. The van der Waals surface area contributed by atoms with E-state index in [9.17, 15) is 0 Å². The SMILES string of the molecule is CC(C)Oc1ncnnc1-c1ccccc1. The number of ether oxygens (including phenoxy) is 1. The van der Waals surface area contributed by atoms with Crippen LogP contribution in [0.5, 0.6) is 5.88 Å². The van der Waals surface area contributed by atoms with Crippen molar-refractivity contribution in [2.75, 3.05) is 0 Å². The molecule has 1 heterocycles. The van der Waals surface area contributed by atoms with Crippen molar-refractivity contribution in [2.45, 2.75) is 20.0 Å². The molecule has 0 unspecified atom stereocenters. The minimum absolute atomic E-state index is 0.0687. The Kier molecular flexibility index (Phi) is 3.10. The lowest BCUT2D eigenvalue weighted by molar-refractivity contribution is 0.232. The Bertz CT molecular complexity index is 457. The molecule has 2 aromatic rings. The molecule has 0 saturated heterocycles. The third-order valence-corrected chi connectivity index (χ3v) is 1.98. The zero-order chi connectivity index (χ0) is 11.4. The summed E-state index contributed by atoms with van der Waals surface area (Å²) < 4.78 is 5.59. The highest BCUT2D eigenvalue weighted by Gasteiger charge is 2.10. The fraction of sp³-hybridized carbons (Fsp3) is 0.250. The van der Waals surface area contributed by atoms with Gasteiger partial charge < -0.3 is 4.74 Å². The van der Waals surface area contributed by atoms with E-state index in [2.05, 4.69) is 15.2 Å². The molecule has 0 N–H and O–H groups in total. The highest BCUT2D eigenvalue weighted by Crippen LogP contribution is 2.24. The van der Waals surface area contributed by atoms with Crippen molar-refractivity contribution in [2.24, 2.45) is 0 Å². The Morgan fingerprint density at radius 1 is 1.12 bits per heavy atom. The molecule has 0 spiro atoms. The Morgan fingerprint density at radius 3 is 2.56 bits per heavy atom. The molecule has 0 fully saturated rings. The first-order valence-electron chi connectivity index (χ1n) is 5.17. The Morgan fingerprint density at radius 2 is 1.88 bits per heavy atom. The van der Waals surface area contributed by atoms with Crippen LogP contribution in [0.25, 0.3) is 11.3 Å². The first kappa shape index (κ1) is 10.5. The zero-order valence-electron chi connectivity index (χ0n) is 9.29. The van der Waals surface area contributed by atoms with Crippen LogP contribution in [0.1, 0.15) is 13.8 Å². The van der Waals surface area contributed by atoms with Gasteiger partial charge in [-0.3, -0.25) is 0 Å². The molecule has 1 aromatic heterocycles. The van der Waals surface area contributed by atoms with E-state index in [1.54, 1.807) is 0 Å². The summed E-state index contributed by atoms with van der Waals surface area (Å²) >= 11 is 0. The number of aromatic nitrogens is 3. The van der Waals surface area contributed by atoms with Gasteiger partial charge in [-0.2, -0.15) is 4.98 Å². The highest BCUT2D eigenvalue weighted by atomic mass is 16.5. The first-order valence-corrected chi connectivity index (χ1v) is 5.17. The molecule has 0 atom stereocenters. The molecule has 1 aromatic carbocycles. The van der Waals surface area contributed by atoms with Crippen molar-refractivity contribution >= 4 is 0 Å². The average molecular weight is 215 g/mol. The van der Waals surface area contributed by atoms with Crippen LogP contribution in [0.2, 0.25) is 0 Å². The van der Waals surface area contributed by atoms with Gasteiger partial charge in [-0.05, 0) is 13.8 Å². The van der Waals surface area contributed by atoms with Crippen molar-refractivity contribution in [3.05, 3.63) is 36.7 Å². The third-order valence-electron chi connectivity index (χ3n) is 1.98. The summed E-state index contributed by atoms with van der Waals surface area (Å²) in [5, 5.41) is 7.85. The summed E-state index contributed by atoms with van der Waals surface area (Å²) in [4.78, 5) is 4.10. The van der Waals surface area contributed by atoms with Gasteiger partial charge in [0.1, 0.15) is 6.33 Å². The smallest absolute Gasteiger partial charge is 0.244 e. The summed E-state index contributed by atoms with van der Waals surface area (Å²) in [6.45, 7) is 3.91. The lowest BCUT2D eigenvalue weighted by Crippen LogP contribution is -2.09. The number of hydrogen-bond donors (Lipinski definition) is 0. The lowest BCUT2D eigenvalue weighted by atomic mass is 10.1. The van der Waals surface area contributed by atoms with Crippen LogP contribution in [0.4, 0.5) is 0 Å². The third kappa shape index (κ3) is 2.34. The van der Waals surface area contributed by atoms with E-state index in [0.29, 0.717) is 11.6 Å². The van der Waals surface area contributed by atoms with E-state index >= 15 is 0 Å². The monoisotopic (exact) mass is 215 g/mol. The van der Waals surface area contributed by atoms with Gasteiger partial charge in [-0.1, -0.05) is 30.3 Å². The second kappa shape index (κ2) is 4.70. The van der Waals surface area contributed by atoms with E-state index < -0.39 is 0 Å². The summed E-state index contributed by atoms with van der Waals surface area (Å²) in [7, 11) is 0. The standard InChI is InChI=1S/C12H13N3O/c1-9(2)16-12-11(15-14-8-13-12)10-6-4-3-5-7-10/h3-9H,1-2H3. The molecule has 0 aliphatic rings. The predicted octanol–water partition coefficient (Wildman–Crippen LogP) is 2.33. The predicted molar refractivity (Wildman–Crippen MR) is 61.0 cm³/mol. The summed E-state index contributed by atoms with van der Waals surface area (Å²) in [6, 6.07) is 9.76. The fourth-order valence-corrected chi connectivity index (χ4v) is 1.35. The Balaban J connectivity index is 2.41. The van der Waals surface area contributed by atoms with Crippen LogP contribution in [0, 0.1) is 0 Å². The molecule has 16 heavy (non-hydrogen) atoms. The van der Waals surface area contributed by atoms with E-state index in [4.69, 9.17) is 4.74 Å². The second-order valence-electron chi connectivity index (χ2n) is 3.65. The van der Waals surface area contributed by atoms with Gasteiger partial charge in [-0.25, -0.2) is 0 Å². The van der Waals surface area contributed by atoms with Crippen LogP contribution in [0.15, 0.2) is 36.7 Å². The quantitative estimate of drug-likeness (QED) is 0.788. The van der Waals surface area contributed by atoms with Crippen LogP contribution in [-0.2, 0) is 0 Å². The van der Waals surface area contributed by atoms with Gasteiger partial charge in [-0.15, -0.1) is 10.2 Å². The van der Waals surface area contributed by atoms with Gasteiger partial charge in [0, 0.05) is 5.56 Å². The van der Waals surface area contributed by atoms with Crippen molar-refractivity contribution in [1.82, 2.24) is 15.2 Å². The molecule has 0 bridgehead atoms. The van der Waals surface area contributed by atoms with E-state index in [-0.39, 0.29) is 6.10 Å². The largest absolute Gasteiger partial charge is 0.473 e. The maximum absolute atomic E-state index is 5.59. The van der Waals surface area contributed by atoms with Crippen LogP contribution < -0.4 is 4.74 Å². The molecular formula is C12H13N3O. The maximum atomic E-state index is 5.59. The number of benzene rings is 1. The Hall–Kier alpha value is -1.97. The Labute approximate surface area is 94.3 Å². The van der Waals surface area contributed by atoms with E-state index in [1.165, 1.54) is 6.33 Å². The second-order valence-corrected chi connectivity index (χ2v) is 3.65. The van der Waals surface area contributed by atoms with Crippen LogP contribution in [-0.4, -0.2) is 21.3 Å². The van der Waals surface area contributed by atoms with E-state index in [1.807, 2.05) is 44.2 Å². The zero-order valence-corrected chi connectivity index (χ0v) is 9.29. The molecule has 2 rings (SSSR count). The normalized spacial score (nSPS) is 10.4. The van der Waals surface area contributed by atoms with Crippen LogP contribution >= 0.6 is 0 Å². The molecule has 0 aliphatic heterocycles. The highest BCUT2D eigenvalue weighted by molar-refractivity contribution is 5.63. The first-order chi connectivity index (χ1) is 7.77. The van der Waals surface area contributed by atoms with E-state index in [0.717, 1.165) is 5.56 Å². The van der Waals surface area contributed by atoms with Gasteiger partial charge in [0.25, 0.3) is 0 Å². The summed E-state index contributed by atoms with van der Waals surface area (Å²) in [5.74, 6) is 0.524. The molecule has 4 heteroatoms. The topological polar surface area (TPSA) is 47.9 Å². The molecule has 0 saturated carbocycles. The van der Waals surface area contributed by atoms with Gasteiger partial charge in [0.15, 0.2) is 5.69 Å². The van der Waals surface area contributed by atoms with Crippen molar-refractivity contribution in [1.29, 1.82) is 0 Å². The fourth-order valence-electron chi connectivity index (χ4n) is 1.35. The molecule has 0 radical (unpaired) electrons. The van der Waals surface area contributed by atoms with Crippen molar-refractivity contribution in [3.63, 3.8) is 0 Å². The molecule has 0 amide bonds. The van der Waals surface area contributed by atoms with Gasteiger partial charge in [0.2, 0.25) is 5.88 Å². The number of hydrogen-bond acceptors (Lipinski definition) is 4. The average Bonchev–Trinajstić information content (AvgIpc) is 2.30. The summed E-state index contributed by atoms with van der Waals surface area (Å²) in [6.07, 6.45) is 1.46. The minimum Gasteiger partial charge on any atom is -0.473 e. The maximum Gasteiger partial charge on any atom is 0.244 e.